The van der Waals surface area contributed by atoms with Gasteiger partial charge in [0, 0.05) is 29.9 Å². The van der Waals surface area contributed by atoms with E-state index in [1.165, 1.54) is 17.9 Å². The first-order valence-electron chi connectivity index (χ1n) is 5.17. The van der Waals surface area contributed by atoms with Crippen molar-refractivity contribution < 1.29 is 9.72 Å². The van der Waals surface area contributed by atoms with Crippen LogP contribution in [0.3, 0.4) is 0 Å². The summed E-state index contributed by atoms with van der Waals surface area (Å²) in [5.74, 6) is -0.0499. The van der Waals surface area contributed by atoms with E-state index in [1.54, 1.807) is 0 Å². The SMILES string of the molecule is CC(=O)N1C[C@@H](C)c2cc(Br)cc([N+](=O)[O-])c21. The first kappa shape index (κ1) is 12.0. The van der Waals surface area contributed by atoms with Crippen LogP contribution in [0.15, 0.2) is 16.6 Å². The Morgan fingerprint density at radius 3 is 2.76 bits per heavy atom. The van der Waals surface area contributed by atoms with Crippen molar-refractivity contribution in [3.8, 4) is 0 Å². The van der Waals surface area contributed by atoms with E-state index in [2.05, 4.69) is 15.9 Å². The Morgan fingerprint density at radius 1 is 1.59 bits per heavy atom. The number of amides is 1. The largest absolute Gasteiger partial charge is 0.306 e. The Morgan fingerprint density at radius 2 is 2.24 bits per heavy atom. The van der Waals surface area contributed by atoms with E-state index in [0.717, 1.165) is 5.56 Å². The highest BCUT2D eigenvalue weighted by Crippen LogP contribution is 2.44. The van der Waals surface area contributed by atoms with Gasteiger partial charge in [0.1, 0.15) is 5.69 Å². The second-order valence-corrected chi connectivity index (χ2v) is 5.07. The highest BCUT2D eigenvalue weighted by atomic mass is 79.9. The second kappa shape index (κ2) is 4.10. The molecule has 2 rings (SSSR count). The van der Waals surface area contributed by atoms with Gasteiger partial charge in [0.15, 0.2) is 0 Å². The monoisotopic (exact) mass is 298 g/mol. The molecule has 0 spiro atoms. The molecule has 0 unspecified atom stereocenters. The van der Waals surface area contributed by atoms with Gasteiger partial charge < -0.3 is 4.90 Å². The summed E-state index contributed by atoms with van der Waals surface area (Å²) in [6.45, 7) is 3.88. The number of fused-ring (bicyclic) bond motifs is 1. The number of hydrogen-bond donors (Lipinski definition) is 0. The summed E-state index contributed by atoms with van der Waals surface area (Å²) >= 11 is 3.26. The van der Waals surface area contributed by atoms with E-state index in [0.29, 0.717) is 16.7 Å². The summed E-state index contributed by atoms with van der Waals surface area (Å²) in [5.41, 5.74) is 1.27. The van der Waals surface area contributed by atoms with Gasteiger partial charge in [-0.2, -0.15) is 0 Å². The standard InChI is InChI=1S/C11H11BrN2O3/c1-6-5-13(7(2)15)11-9(6)3-8(12)4-10(11)14(16)17/h3-4,6H,5H2,1-2H3/t6-/m1/s1. The molecule has 0 aromatic heterocycles. The van der Waals surface area contributed by atoms with E-state index < -0.39 is 4.92 Å². The zero-order valence-electron chi connectivity index (χ0n) is 9.44. The molecule has 0 saturated heterocycles. The molecule has 1 aromatic carbocycles. The van der Waals surface area contributed by atoms with Crippen molar-refractivity contribution in [3.63, 3.8) is 0 Å². The van der Waals surface area contributed by atoms with Crippen molar-refractivity contribution in [3.05, 3.63) is 32.3 Å². The van der Waals surface area contributed by atoms with Crippen LogP contribution in [0.5, 0.6) is 0 Å². The minimum Gasteiger partial charge on any atom is -0.306 e. The molecule has 0 bridgehead atoms. The van der Waals surface area contributed by atoms with Gasteiger partial charge in [-0.3, -0.25) is 14.9 Å². The van der Waals surface area contributed by atoms with E-state index in [1.807, 2.05) is 13.0 Å². The minimum absolute atomic E-state index is 0.0195. The Hall–Kier alpha value is -1.43. The number of carbonyl (C=O) groups is 1. The van der Waals surface area contributed by atoms with Gasteiger partial charge in [-0.25, -0.2) is 0 Å². The number of rotatable bonds is 1. The molecule has 1 atom stereocenters. The molecule has 5 nitrogen and oxygen atoms in total. The molecule has 0 aliphatic carbocycles. The number of nitrogens with zero attached hydrogens (tertiary/aromatic N) is 2. The fourth-order valence-corrected chi connectivity index (χ4v) is 2.63. The van der Waals surface area contributed by atoms with Gasteiger partial charge in [0.25, 0.3) is 5.69 Å². The number of nitro groups is 1. The van der Waals surface area contributed by atoms with Gasteiger partial charge in [-0.1, -0.05) is 22.9 Å². The minimum atomic E-state index is -0.447. The molecule has 1 aliphatic rings. The summed E-state index contributed by atoms with van der Waals surface area (Å²) in [7, 11) is 0. The molecule has 0 radical (unpaired) electrons. The Balaban J connectivity index is 2.69. The van der Waals surface area contributed by atoms with Crippen LogP contribution < -0.4 is 4.90 Å². The lowest BCUT2D eigenvalue weighted by atomic mass is 10.0. The predicted molar refractivity (Wildman–Crippen MR) is 67.2 cm³/mol. The third-order valence-electron chi connectivity index (χ3n) is 2.92. The second-order valence-electron chi connectivity index (χ2n) is 4.15. The molecule has 1 amide bonds. The topological polar surface area (TPSA) is 63.5 Å². The molecule has 17 heavy (non-hydrogen) atoms. The molecule has 0 fully saturated rings. The van der Waals surface area contributed by atoms with E-state index in [9.17, 15) is 14.9 Å². The lowest BCUT2D eigenvalue weighted by Crippen LogP contribution is -2.27. The number of benzene rings is 1. The highest BCUT2D eigenvalue weighted by molar-refractivity contribution is 9.10. The predicted octanol–water partition coefficient (Wildman–Crippen LogP) is 2.83. The first-order chi connectivity index (χ1) is 7.91. The summed E-state index contributed by atoms with van der Waals surface area (Å²) in [5, 5.41) is 11.0. The number of halogens is 1. The summed E-state index contributed by atoms with van der Waals surface area (Å²) in [6, 6.07) is 3.28. The van der Waals surface area contributed by atoms with Gasteiger partial charge >= 0.3 is 0 Å². The van der Waals surface area contributed by atoms with Crippen LogP contribution in [0.4, 0.5) is 11.4 Å². The zero-order chi connectivity index (χ0) is 12.7. The molecule has 1 aromatic rings. The molecule has 0 N–H and O–H groups in total. The van der Waals surface area contributed by atoms with E-state index >= 15 is 0 Å². The maximum atomic E-state index is 11.5. The number of carbonyl (C=O) groups excluding carboxylic acids is 1. The lowest BCUT2D eigenvalue weighted by molar-refractivity contribution is -0.384. The van der Waals surface area contributed by atoms with Gasteiger partial charge in [-0.15, -0.1) is 0 Å². The summed E-state index contributed by atoms with van der Waals surface area (Å²) in [4.78, 5) is 23.6. The van der Waals surface area contributed by atoms with Crippen LogP contribution >= 0.6 is 15.9 Å². The molecule has 1 aliphatic heterocycles. The molecule has 6 heteroatoms. The van der Waals surface area contributed by atoms with Crippen LogP contribution in [0.1, 0.15) is 25.3 Å². The van der Waals surface area contributed by atoms with Crippen LogP contribution in [0.2, 0.25) is 0 Å². The van der Waals surface area contributed by atoms with Crippen LogP contribution in [-0.2, 0) is 4.79 Å². The first-order valence-corrected chi connectivity index (χ1v) is 5.97. The summed E-state index contributed by atoms with van der Waals surface area (Å²) in [6.07, 6.45) is 0. The Kier molecular flexibility index (Phi) is 2.91. The quantitative estimate of drug-likeness (QED) is 0.591. The Labute approximate surface area is 107 Å². The van der Waals surface area contributed by atoms with Gasteiger partial charge in [0.2, 0.25) is 5.91 Å². The van der Waals surface area contributed by atoms with E-state index in [4.69, 9.17) is 0 Å². The van der Waals surface area contributed by atoms with E-state index in [-0.39, 0.29) is 17.5 Å². The lowest BCUT2D eigenvalue weighted by Gasteiger charge is -2.14. The number of nitro benzene ring substituents is 1. The third kappa shape index (κ3) is 1.93. The molecule has 90 valence electrons. The summed E-state index contributed by atoms with van der Waals surface area (Å²) < 4.78 is 0.667. The van der Waals surface area contributed by atoms with Crippen molar-refractivity contribution in [2.75, 3.05) is 11.4 Å². The van der Waals surface area contributed by atoms with Crippen molar-refractivity contribution in [2.45, 2.75) is 19.8 Å². The Bertz CT molecular complexity index is 516. The zero-order valence-corrected chi connectivity index (χ0v) is 11.0. The fourth-order valence-electron chi connectivity index (χ4n) is 2.16. The van der Waals surface area contributed by atoms with Gasteiger partial charge in [-0.05, 0) is 11.6 Å². The van der Waals surface area contributed by atoms with Crippen molar-refractivity contribution >= 4 is 33.2 Å². The smallest absolute Gasteiger partial charge is 0.294 e. The number of hydrogen-bond acceptors (Lipinski definition) is 3. The maximum Gasteiger partial charge on any atom is 0.294 e. The van der Waals surface area contributed by atoms with Gasteiger partial charge in [0.05, 0.1) is 4.92 Å². The highest BCUT2D eigenvalue weighted by Gasteiger charge is 2.35. The number of anilines is 1. The average molecular weight is 299 g/mol. The molecule has 0 saturated carbocycles. The molecular formula is C11H11BrN2O3. The maximum absolute atomic E-state index is 11.5. The average Bonchev–Trinajstić information content (AvgIpc) is 2.55. The third-order valence-corrected chi connectivity index (χ3v) is 3.38. The fraction of sp³-hybridized carbons (Fsp3) is 0.364. The van der Waals surface area contributed by atoms with Crippen LogP contribution in [-0.4, -0.2) is 17.4 Å². The van der Waals surface area contributed by atoms with Crippen LogP contribution in [0, 0.1) is 10.1 Å². The molecular weight excluding hydrogens is 288 g/mol. The van der Waals surface area contributed by atoms with Crippen molar-refractivity contribution in [2.24, 2.45) is 0 Å². The van der Waals surface area contributed by atoms with Crippen LogP contribution in [0.25, 0.3) is 0 Å². The van der Waals surface area contributed by atoms with Crippen molar-refractivity contribution in [1.82, 2.24) is 0 Å². The molecule has 1 heterocycles. The normalized spacial score (nSPS) is 18.1. The van der Waals surface area contributed by atoms with Crippen molar-refractivity contribution in [1.29, 1.82) is 0 Å².